The number of nitrogens with two attached hydrogens (primary N) is 1. The van der Waals surface area contributed by atoms with Crippen molar-refractivity contribution >= 4 is 11.7 Å². The number of anilines is 1. The number of carboxylic acid groups (broad SMARTS) is 1. The van der Waals surface area contributed by atoms with Gasteiger partial charge in [0.1, 0.15) is 0 Å². The lowest BCUT2D eigenvalue weighted by Gasteiger charge is -2.20. The minimum absolute atomic E-state index is 0.149. The Morgan fingerprint density at radius 3 is 2.64 bits per heavy atom. The van der Waals surface area contributed by atoms with Gasteiger partial charge >= 0.3 is 5.97 Å². The molecule has 0 aliphatic heterocycles. The Kier molecular flexibility index (Phi) is 5.75. The number of hydrogen-bond acceptors (Lipinski definition) is 6. The number of nitrogens with one attached hydrogen (secondary N) is 1. The van der Waals surface area contributed by atoms with Gasteiger partial charge in [0, 0.05) is 17.8 Å². The molecule has 7 nitrogen and oxygen atoms in total. The van der Waals surface area contributed by atoms with Crippen LogP contribution in [0.15, 0.2) is 52.9 Å². The highest BCUT2D eigenvalue weighted by Crippen LogP contribution is 2.28. The van der Waals surface area contributed by atoms with E-state index in [1.54, 1.807) is 12.1 Å². The number of aromatic nitrogens is 2. The summed E-state index contributed by atoms with van der Waals surface area (Å²) in [4.78, 5) is 11.5. The van der Waals surface area contributed by atoms with Crippen molar-refractivity contribution in [3.05, 3.63) is 65.5 Å². The molecule has 0 bridgehead atoms. The maximum absolute atomic E-state index is 11.5. The number of nitrogens with zero attached hydrogens (tertiary/aromatic N) is 2. The monoisotopic (exact) mass is 380 g/mol. The standard InChI is InChI=1S/C21H24N4O3/c1-3-9-23-17-11-15(10-16(12-17)19(26)27)18-24-25-20(28-18)21(2,22)13-14-7-5-4-6-8-14/h4-8,10-12,23H,3,9,13,22H2,1-2H3,(H,26,27)/t21-/m1/s1. The number of hydrogen-bond donors (Lipinski definition) is 3. The van der Waals surface area contributed by atoms with E-state index in [0.717, 1.165) is 18.5 Å². The molecule has 0 saturated heterocycles. The highest BCUT2D eigenvalue weighted by molar-refractivity contribution is 5.90. The van der Waals surface area contributed by atoms with Gasteiger partial charge in [-0.05, 0) is 43.5 Å². The molecule has 1 aromatic heterocycles. The Morgan fingerprint density at radius 2 is 1.96 bits per heavy atom. The van der Waals surface area contributed by atoms with Crippen LogP contribution in [0.2, 0.25) is 0 Å². The lowest BCUT2D eigenvalue weighted by Crippen LogP contribution is -2.35. The van der Waals surface area contributed by atoms with E-state index < -0.39 is 11.5 Å². The molecule has 1 atom stereocenters. The first-order chi connectivity index (χ1) is 13.4. The van der Waals surface area contributed by atoms with Crippen molar-refractivity contribution < 1.29 is 14.3 Å². The van der Waals surface area contributed by atoms with Gasteiger partial charge in [-0.2, -0.15) is 0 Å². The lowest BCUT2D eigenvalue weighted by molar-refractivity contribution is 0.0697. The largest absolute Gasteiger partial charge is 0.478 e. The molecule has 1 heterocycles. The summed E-state index contributed by atoms with van der Waals surface area (Å²) in [6.45, 7) is 4.60. The Hall–Kier alpha value is -3.19. The van der Waals surface area contributed by atoms with Gasteiger partial charge in [-0.1, -0.05) is 37.3 Å². The van der Waals surface area contributed by atoms with Gasteiger partial charge in [-0.25, -0.2) is 4.79 Å². The molecule has 0 amide bonds. The molecule has 146 valence electrons. The molecule has 0 aliphatic rings. The maximum atomic E-state index is 11.5. The number of aromatic carboxylic acids is 1. The van der Waals surface area contributed by atoms with Crippen molar-refractivity contribution in [1.82, 2.24) is 10.2 Å². The molecule has 0 radical (unpaired) electrons. The summed E-state index contributed by atoms with van der Waals surface area (Å²) in [6.07, 6.45) is 1.45. The van der Waals surface area contributed by atoms with Gasteiger partial charge in [0.05, 0.1) is 11.1 Å². The maximum Gasteiger partial charge on any atom is 0.335 e. The summed E-state index contributed by atoms with van der Waals surface area (Å²) in [5.74, 6) is -0.480. The smallest absolute Gasteiger partial charge is 0.335 e. The molecule has 3 aromatic rings. The van der Waals surface area contributed by atoms with E-state index >= 15 is 0 Å². The second kappa shape index (κ2) is 8.22. The molecule has 0 spiro atoms. The average molecular weight is 380 g/mol. The second-order valence-corrected chi connectivity index (χ2v) is 7.02. The number of carbonyl (C=O) groups is 1. The molecule has 7 heteroatoms. The summed E-state index contributed by atoms with van der Waals surface area (Å²) in [6, 6.07) is 14.7. The zero-order valence-electron chi connectivity index (χ0n) is 16.0. The third-order valence-corrected chi connectivity index (χ3v) is 4.33. The van der Waals surface area contributed by atoms with Gasteiger partial charge in [0.25, 0.3) is 0 Å². The highest BCUT2D eigenvalue weighted by Gasteiger charge is 2.29. The van der Waals surface area contributed by atoms with Crippen LogP contribution in [0, 0.1) is 0 Å². The van der Waals surface area contributed by atoms with Crippen molar-refractivity contribution in [1.29, 1.82) is 0 Å². The average Bonchev–Trinajstić information content (AvgIpc) is 3.18. The Morgan fingerprint density at radius 1 is 1.21 bits per heavy atom. The quantitative estimate of drug-likeness (QED) is 0.546. The van der Waals surface area contributed by atoms with Crippen LogP contribution in [-0.2, 0) is 12.0 Å². The van der Waals surface area contributed by atoms with Crippen molar-refractivity contribution in [3.63, 3.8) is 0 Å². The minimum Gasteiger partial charge on any atom is -0.478 e. The fraction of sp³-hybridized carbons (Fsp3) is 0.286. The topological polar surface area (TPSA) is 114 Å². The first-order valence-corrected chi connectivity index (χ1v) is 9.18. The van der Waals surface area contributed by atoms with Crippen molar-refractivity contribution in [2.75, 3.05) is 11.9 Å². The summed E-state index contributed by atoms with van der Waals surface area (Å²) in [5.41, 5.74) is 8.02. The van der Waals surface area contributed by atoms with Crippen LogP contribution in [0.4, 0.5) is 5.69 Å². The number of carboxylic acids is 1. The van der Waals surface area contributed by atoms with Crippen molar-refractivity contribution in [2.24, 2.45) is 5.73 Å². The molecular weight excluding hydrogens is 356 g/mol. The summed E-state index contributed by atoms with van der Waals surface area (Å²) < 4.78 is 5.83. The van der Waals surface area contributed by atoms with E-state index in [1.807, 2.05) is 44.2 Å². The second-order valence-electron chi connectivity index (χ2n) is 7.02. The normalized spacial score (nSPS) is 13.1. The Bertz CT molecular complexity index is 951. The summed E-state index contributed by atoms with van der Waals surface area (Å²) >= 11 is 0. The highest BCUT2D eigenvalue weighted by atomic mass is 16.4. The third kappa shape index (κ3) is 4.55. The molecule has 3 rings (SSSR count). The predicted molar refractivity (Wildman–Crippen MR) is 107 cm³/mol. The van der Waals surface area contributed by atoms with Crippen LogP contribution in [0.1, 0.15) is 42.1 Å². The van der Waals surface area contributed by atoms with Gasteiger partial charge in [-0.15, -0.1) is 10.2 Å². The van der Waals surface area contributed by atoms with Crippen LogP contribution in [0.25, 0.3) is 11.5 Å². The van der Waals surface area contributed by atoms with Crippen molar-refractivity contribution in [3.8, 4) is 11.5 Å². The van der Waals surface area contributed by atoms with Crippen LogP contribution >= 0.6 is 0 Å². The predicted octanol–water partition coefficient (Wildman–Crippen LogP) is 3.67. The minimum atomic E-state index is -1.02. The Labute approximate surface area is 163 Å². The van der Waals surface area contributed by atoms with E-state index in [-0.39, 0.29) is 11.5 Å². The van der Waals surface area contributed by atoms with Gasteiger partial charge < -0.3 is 20.6 Å². The number of benzene rings is 2. The zero-order chi connectivity index (χ0) is 20.1. The van der Waals surface area contributed by atoms with Crippen LogP contribution < -0.4 is 11.1 Å². The molecule has 0 aliphatic carbocycles. The SMILES string of the molecule is CCCNc1cc(C(=O)O)cc(-c2nnc([C@](C)(N)Cc3ccccc3)o2)c1. The van der Waals surface area contributed by atoms with E-state index in [9.17, 15) is 9.90 Å². The van der Waals surface area contributed by atoms with Crippen LogP contribution in [0.5, 0.6) is 0 Å². The first kappa shape index (κ1) is 19.6. The van der Waals surface area contributed by atoms with Crippen LogP contribution in [0.3, 0.4) is 0 Å². The molecule has 0 saturated carbocycles. The fourth-order valence-electron chi connectivity index (χ4n) is 2.91. The number of rotatable bonds is 8. The summed E-state index contributed by atoms with van der Waals surface area (Å²) in [5, 5.41) is 20.8. The lowest BCUT2D eigenvalue weighted by atomic mass is 9.94. The molecule has 2 aromatic carbocycles. The molecule has 28 heavy (non-hydrogen) atoms. The van der Waals surface area contributed by atoms with Crippen molar-refractivity contribution in [2.45, 2.75) is 32.2 Å². The molecule has 0 unspecified atom stereocenters. The zero-order valence-corrected chi connectivity index (χ0v) is 16.0. The fourth-order valence-corrected chi connectivity index (χ4v) is 2.91. The van der Waals surface area contributed by atoms with E-state index in [2.05, 4.69) is 15.5 Å². The molecule has 4 N–H and O–H groups in total. The van der Waals surface area contributed by atoms with E-state index in [1.165, 1.54) is 6.07 Å². The third-order valence-electron chi connectivity index (χ3n) is 4.33. The molecular formula is C21H24N4O3. The van der Waals surface area contributed by atoms with Gasteiger partial charge in [0.15, 0.2) is 0 Å². The summed E-state index contributed by atoms with van der Waals surface area (Å²) in [7, 11) is 0. The van der Waals surface area contributed by atoms with Gasteiger partial charge in [0.2, 0.25) is 11.8 Å². The van der Waals surface area contributed by atoms with E-state index in [4.69, 9.17) is 10.2 Å². The first-order valence-electron chi connectivity index (χ1n) is 9.18. The Balaban J connectivity index is 1.90. The molecule has 0 fully saturated rings. The van der Waals surface area contributed by atoms with Gasteiger partial charge in [-0.3, -0.25) is 0 Å². The van der Waals surface area contributed by atoms with Crippen LogP contribution in [-0.4, -0.2) is 27.8 Å². The van der Waals surface area contributed by atoms with E-state index in [0.29, 0.717) is 23.6 Å².